The van der Waals surface area contributed by atoms with Crippen LogP contribution in [0.1, 0.15) is 26.3 Å². The molecule has 0 amide bonds. The number of carbonyl (C=O) groups is 2. The van der Waals surface area contributed by atoms with Crippen molar-refractivity contribution in [1.82, 2.24) is 0 Å². The highest BCUT2D eigenvalue weighted by molar-refractivity contribution is 5.95. The van der Waals surface area contributed by atoms with Gasteiger partial charge in [0.1, 0.15) is 5.75 Å². The van der Waals surface area contributed by atoms with Gasteiger partial charge in [0.25, 0.3) is 0 Å². The molecule has 0 aliphatic heterocycles. The molecule has 0 aliphatic rings. The molecule has 0 saturated heterocycles. The average Bonchev–Trinajstić information content (AvgIpc) is 2.77. The molecule has 0 aliphatic carbocycles. The molecule has 0 atom stereocenters. The predicted molar refractivity (Wildman–Crippen MR) is 90.7 cm³/mol. The van der Waals surface area contributed by atoms with E-state index < -0.39 is 87.9 Å². The summed E-state index contributed by atoms with van der Waals surface area (Å²) in [5.74, 6) is -61.1. The highest BCUT2D eigenvalue weighted by atomic mass is 19.4. The van der Waals surface area contributed by atoms with Crippen molar-refractivity contribution in [3.05, 3.63) is 40.7 Å². The summed E-state index contributed by atoms with van der Waals surface area (Å²) in [5, 5.41) is 17.8. The number of carboxylic acids is 2. The Labute approximate surface area is 207 Å². The lowest BCUT2D eigenvalue weighted by atomic mass is 9.91. The first-order valence-corrected chi connectivity index (χ1v) is 9.13. The number of carboxylic acid groups (broad SMARTS) is 2. The topological polar surface area (TPSA) is 83.8 Å². The molecule has 228 valence electrons. The number of hydrogen-bond acceptors (Lipinski definition) is 3. The molecule has 0 saturated carbocycles. The van der Waals surface area contributed by atoms with Crippen LogP contribution in [0.4, 0.5) is 74.6 Å². The first-order valence-electron chi connectivity index (χ1n) is 9.13. The Hall–Kier alpha value is -3.49. The van der Waals surface area contributed by atoms with Crippen LogP contribution in [0, 0.1) is 6.92 Å². The predicted octanol–water partition coefficient (Wildman–Crippen LogP) is 7.25. The molecule has 40 heavy (non-hydrogen) atoms. The first-order chi connectivity index (χ1) is 17.4. The van der Waals surface area contributed by atoms with Crippen molar-refractivity contribution in [2.45, 2.75) is 48.6 Å². The summed E-state index contributed by atoms with van der Waals surface area (Å²) in [6.07, 6.45) is -7.87. The minimum absolute atomic E-state index is 0.00970. The summed E-state index contributed by atoms with van der Waals surface area (Å²) < 4.78 is 229. The Balaban J connectivity index is 3.76. The van der Waals surface area contributed by atoms with Crippen LogP contribution in [-0.2, 0) is 0 Å². The van der Waals surface area contributed by atoms with Gasteiger partial charge < -0.3 is 14.9 Å². The second-order valence-electron chi connectivity index (χ2n) is 7.39. The van der Waals surface area contributed by atoms with E-state index in [1.54, 1.807) is 0 Å². The molecule has 0 fully saturated rings. The zero-order valence-electron chi connectivity index (χ0n) is 18.2. The summed E-state index contributed by atoms with van der Waals surface area (Å²) >= 11 is 0. The van der Waals surface area contributed by atoms with Gasteiger partial charge in [-0.2, -0.15) is 74.6 Å². The summed E-state index contributed by atoms with van der Waals surface area (Å²) in [6.45, 7) is 0.556. The van der Waals surface area contributed by atoms with E-state index in [0.717, 1.165) is 0 Å². The van der Waals surface area contributed by atoms with Crippen LogP contribution in [0.2, 0.25) is 0 Å². The lowest BCUT2D eigenvalue weighted by Gasteiger charge is -2.41. The van der Waals surface area contributed by atoms with E-state index in [-0.39, 0.29) is 6.07 Å². The molecule has 0 unspecified atom stereocenters. The van der Waals surface area contributed by atoms with Crippen molar-refractivity contribution >= 4 is 11.9 Å². The van der Waals surface area contributed by atoms with Gasteiger partial charge in [-0.15, -0.1) is 0 Å². The number of halogens is 17. The average molecular weight is 626 g/mol. The summed E-state index contributed by atoms with van der Waals surface area (Å²) in [6, 6.07) is -3.54. The molecule has 22 heteroatoms. The van der Waals surface area contributed by atoms with Crippen LogP contribution >= 0.6 is 0 Å². The molecule has 2 N–H and O–H groups in total. The van der Waals surface area contributed by atoms with Gasteiger partial charge in [-0.05, 0) is 19.1 Å². The Morgan fingerprint density at radius 3 is 1.43 bits per heavy atom. The SMILES string of the molecule is Cc1c(OC(F)=C(F)C(F)(F)C(F)(F)C(F)(F)C(F)(F)C(F)(F)C(F)(F)C(F)(F)F)cc(C(=O)O)cc1C(=O)O. The molecule has 0 heterocycles. The third-order valence-electron chi connectivity index (χ3n) is 4.81. The van der Waals surface area contributed by atoms with E-state index in [1.165, 1.54) is 0 Å². The molecule has 1 aromatic carbocycles. The molecule has 5 nitrogen and oxygen atoms in total. The van der Waals surface area contributed by atoms with Crippen LogP contribution in [-0.4, -0.2) is 63.9 Å². The standard InChI is InChI=1S/C18H7F17O5/c1-4-6(11(38)39)2-5(10(36)37)3-7(4)40-9(20)8(19)12(21,22)13(23,24)14(25,26)15(27,28)16(29,30)17(31,32)18(33,34)35/h2-3H,1H3,(H,36,37)(H,38,39). The van der Waals surface area contributed by atoms with E-state index in [2.05, 4.69) is 4.74 Å². The van der Waals surface area contributed by atoms with Gasteiger partial charge in [0.15, 0.2) is 0 Å². The lowest BCUT2D eigenvalue weighted by Crippen LogP contribution is -2.72. The maximum atomic E-state index is 13.9. The molecule has 1 rings (SSSR count). The van der Waals surface area contributed by atoms with Crippen molar-refractivity contribution < 1.29 is 99.2 Å². The van der Waals surface area contributed by atoms with Gasteiger partial charge in [-0.1, -0.05) is 0 Å². The highest BCUT2D eigenvalue weighted by Crippen LogP contribution is 2.63. The number of alkyl halides is 15. The van der Waals surface area contributed by atoms with E-state index in [0.29, 0.717) is 13.0 Å². The molecular formula is C18H7F17O5. The molecule has 0 bridgehead atoms. The third kappa shape index (κ3) is 4.95. The van der Waals surface area contributed by atoms with E-state index in [9.17, 15) is 84.2 Å². The van der Waals surface area contributed by atoms with Crippen molar-refractivity contribution in [2.24, 2.45) is 0 Å². The Bertz CT molecular complexity index is 1220. The number of benzene rings is 1. The summed E-state index contributed by atoms with van der Waals surface area (Å²) in [5.41, 5.74) is -3.37. The van der Waals surface area contributed by atoms with E-state index in [4.69, 9.17) is 10.2 Å². The van der Waals surface area contributed by atoms with Crippen LogP contribution in [0.5, 0.6) is 5.75 Å². The molecular weight excluding hydrogens is 619 g/mol. The number of rotatable bonds is 10. The monoisotopic (exact) mass is 626 g/mol. The van der Waals surface area contributed by atoms with Gasteiger partial charge in [0.05, 0.1) is 11.1 Å². The smallest absolute Gasteiger partial charge is 0.460 e. The number of aromatic carboxylic acids is 2. The normalized spacial score (nSPS) is 15.1. The van der Waals surface area contributed by atoms with E-state index in [1.807, 2.05) is 0 Å². The van der Waals surface area contributed by atoms with Crippen molar-refractivity contribution in [3.8, 4) is 5.75 Å². The maximum Gasteiger partial charge on any atom is 0.460 e. The maximum absolute atomic E-state index is 13.9. The van der Waals surface area contributed by atoms with Gasteiger partial charge in [-0.3, -0.25) is 0 Å². The summed E-state index contributed by atoms with van der Waals surface area (Å²) in [7, 11) is 0. The quantitative estimate of drug-likeness (QED) is 0.211. The minimum atomic E-state index is -8.76. The van der Waals surface area contributed by atoms with Crippen LogP contribution in [0.15, 0.2) is 24.0 Å². The van der Waals surface area contributed by atoms with Crippen LogP contribution in [0.25, 0.3) is 0 Å². The van der Waals surface area contributed by atoms with Crippen molar-refractivity contribution in [1.29, 1.82) is 0 Å². The largest absolute Gasteiger partial charge is 0.478 e. The Morgan fingerprint density at radius 1 is 0.650 bits per heavy atom. The number of hydrogen-bond donors (Lipinski definition) is 2. The van der Waals surface area contributed by atoms with Crippen molar-refractivity contribution in [2.75, 3.05) is 0 Å². The Kier molecular flexibility index (Phi) is 8.51. The highest BCUT2D eigenvalue weighted by Gasteiger charge is 2.93. The zero-order chi connectivity index (χ0) is 32.2. The number of ether oxygens (including phenoxy) is 1. The van der Waals surface area contributed by atoms with Crippen LogP contribution < -0.4 is 4.74 Å². The number of allylic oxidation sites excluding steroid dienone is 1. The van der Waals surface area contributed by atoms with Gasteiger partial charge in [-0.25, -0.2) is 9.59 Å². The fourth-order valence-electron chi connectivity index (χ4n) is 2.51. The second-order valence-corrected chi connectivity index (χ2v) is 7.39. The van der Waals surface area contributed by atoms with Crippen molar-refractivity contribution in [3.63, 3.8) is 0 Å². The van der Waals surface area contributed by atoms with E-state index >= 15 is 0 Å². The first kappa shape index (κ1) is 34.5. The minimum Gasteiger partial charge on any atom is -0.478 e. The Morgan fingerprint density at radius 2 is 1.05 bits per heavy atom. The zero-order valence-corrected chi connectivity index (χ0v) is 18.2. The lowest BCUT2D eigenvalue weighted by molar-refractivity contribution is -0.451. The van der Waals surface area contributed by atoms with Gasteiger partial charge in [0.2, 0.25) is 5.83 Å². The fourth-order valence-corrected chi connectivity index (χ4v) is 2.51. The molecule has 1 aromatic rings. The third-order valence-corrected chi connectivity index (χ3v) is 4.81. The molecule has 0 spiro atoms. The van der Waals surface area contributed by atoms with Gasteiger partial charge in [0, 0.05) is 5.56 Å². The summed E-state index contributed by atoms with van der Waals surface area (Å²) in [4.78, 5) is 22.1. The molecule has 0 radical (unpaired) electrons. The van der Waals surface area contributed by atoms with Gasteiger partial charge >= 0.3 is 59.7 Å². The molecule has 0 aromatic heterocycles. The van der Waals surface area contributed by atoms with Crippen LogP contribution in [0.3, 0.4) is 0 Å². The fraction of sp³-hybridized carbons (Fsp3) is 0.444. The second kappa shape index (κ2) is 9.85.